The molecule has 0 radical (unpaired) electrons. The van der Waals surface area contributed by atoms with E-state index >= 15 is 0 Å². The van der Waals surface area contributed by atoms with E-state index in [2.05, 4.69) is 10.2 Å². The molecule has 3 aliphatic rings. The van der Waals surface area contributed by atoms with Crippen LogP contribution in [-0.2, 0) is 9.84 Å². The van der Waals surface area contributed by atoms with Gasteiger partial charge < -0.3 is 10.2 Å². The molecule has 1 saturated carbocycles. The van der Waals surface area contributed by atoms with E-state index in [1.54, 1.807) is 0 Å². The summed E-state index contributed by atoms with van der Waals surface area (Å²) >= 11 is 0. The molecule has 2 aliphatic heterocycles. The summed E-state index contributed by atoms with van der Waals surface area (Å²) in [5.74, 6) is 1.93. The third kappa shape index (κ3) is 4.37. The fourth-order valence-corrected chi connectivity index (χ4v) is 5.68. The summed E-state index contributed by atoms with van der Waals surface area (Å²) in [6.45, 7) is 2.83. The fourth-order valence-electron chi connectivity index (χ4n) is 3.83. The summed E-state index contributed by atoms with van der Waals surface area (Å²) in [4.78, 5) is 7.17. The predicted molar refractivity (Wildman–Crippen MR) is 89.9 cm³/mol. The highest BCUT2D eigenvalue weighted by Gasteiger charge is 2.28. The van der Waals surface area contributed by atoms with Crippen molar-refractivity contribution < 1.29 is 8.42 Å². The Hall–Kier alpha value is -0.780. The van der Waals surface area contributed by atoms with Gasteiger partial charge in [0, 0.05) is 25.7 Å². The molecule has 1 unspecified atom stereocenters. The second-order valence-electron chi connectivity index (χ2n) is 7.11. The molecule has 5 nitrogen and oxygen atoms in total. The molecular weight excluding hydrogens is 298 g/mol. The van der Waals surface area contributed by atoms with E-state index in [4.69, 9.17) is 4.99 Å². The maximum atomic E-state index is 11.6. The third-order valence-corrected chi connectivity index (χ3v) is 7.01. The number of sulfone groups is 1. The molecule has 2 heterocycles. The van der Waals surface area contributed by atoms with Crippen LogP contribution < -0.4 is 5.32 Å². The summed E-state index contributed by atoms with van der Waals surface area (Å²) < 4.78 is 23.2. The van der Waals surface area contributed by atoms with Crippen LogP contribution in [0.5, 0.6) is 0 Å². The molecule has 3 fully saturated rings. The first-order chi connectivity index (χ1) is 10.6. The van der Waals surface area contributed by atoms with Crippen LogP contribution in [-0.4, -0.2) is 56.5 Å². The molecule has 0 bridgehead atoms. The molecule has 0 spiro atoms. The molecule has 1 N–H and O–H groups in total. The van der Waals surface area contributed by atoms with Gasteiger partial charge in [0.2, 0.25) is 0 Å². The molecule has 0 aromatic rings. The zero-order valence-electron chi connectivity index (χ0n) is 13.5. The van der Waals surface area contributed by atoms with Crippen molar-refractivity contribution in [3.8, 4) is 0 Å². The van der Waals surface area contributed by atoms with E-state index in [9.17, 15) is 8.42 Å². The first-order valence-corrected chi connectivity index (χ1v) is 10.7. The lowest BCUT2D eigenvalue weighted by Crippen LogP contribution is -2.45. The molecule has 0 aromatic heterocycles. The van der Waals surface area contributed by atoms with Crippen molar-refractivity contribution in [2.75, 3.05) is 31.1 Å². The van der Waals surface area contributed by atoms with Crippen molar-refractivity contribution >= 4 is 15.8 Å². The molecule has 0 aromatic carbocycles. The zero-order valence-corrected chi connectivity index (χ0v) is 14.3. The smallest absolute Gasteiger partial charge is 0.194 e. The van der Waals surface area contributed by atoms with Crippen molar-refractivity contribution in [2.24, 2.45) is 10.9 Å². The van der Waals surface area contributed by atoms with Gasteiger partial charge in [0.15, 0.2) is 15.8 Å². The Morgan fingerprint density at radius 3 is 2.41 bits per heavy atom. The molecule has 3 rings (SSSR count). The summed E-state index contributed by atoms with van der Waals surface area (Å²) in [6.07, 6.45) is 9.72. The highest BCUT2D eigenvalue weighted by molar-refractivity contribution is 7.91. The van der Waals surface area contributed by atoms with E-state index in [0.717, 1.165) is 25.5 Å². The lowest BCUT2D eigenvalue weighted by molar-refractivity contribution is 0.388. The molecule has 126 valence electrons. The highest BCUT2D eigenvalue weighted by Crippen LogP contribution is 2.20. The van der Waals surface area contributed by atoms with E-state index in [0.29, 0.717) is 24.1 Å². The Labute approximate surface area is 134 Å². The summed E-state index contributed by atoms with van der Waals surface area (Å²) in [5.41, 5.74) is 0. The number of hydrogen-bond acceptors (Lipinski definition) is 3. The summed E-state index contributed by atoms with van der Waals surface area (Å²) in [6, 6.07) is 0.556. The molecule has 1 aliphatic carbocycles. The highest BCUT2D eigenvalue weighted by atomic mass is 32.2. The Morgan fingerprint density at radius 1 is 1.05 bits per heavy atom. The minimum atomic E-state index is -2.79. The van der Waals surface area contributed by atoms with Gasteiger partial charge in [-0.25, -0.2) is 8.42 Å². The van der Waals surface area contributed by atoms with Gasteiger partial charge in [-0.3, -0.25) is 4.99 Å². The number of likely N-dealkylation sites (tertiary alicyclic amines) is 1. The summed E-state index contributed by atoms with van der Waals surface area (Å²) in [7, 11) is -2.79. The maximum Gasteiger partial charge on any atom is 0.194 e. The Bertz CT molecular complexity index is 492. The fraction of sp³-hybridized carbons (Fsp3) is 0.938. The minimum absolute atomic E-state index is 0.218. The van der Waals surface area contributed by atoms with Crippen LogP contribution in [0.25, 0.3) is 0 Å². The number of rotatable bonds is 3. The van der Waals surface area contributed by atoms with Gasteiger partial charge in [-0.05, 0) is 38.0 Å². The SMILES string of the molecule is O=S1(=O)CCC(CN=C(NC2CCCCC2)N2CCCC2)C1. The van der Waals surface area contributed by atoms with Crippen LogP contribution >= 0.6 is 0 Å². The van der Waals surface area contributed by atoms with Gasteiger partial charge in [-0.1, -0.05) is 19.3 Å². The average molecular weight is 327 g/mol. The molecule has 2 saturated heterocycles. The lowest BCUT2D eigenvalue weighted by Gasteiger charge is -2.29. The van der Waals surface area contributed by atoms with E-state index in [-0.39, 0.29) is 5.92 Å². The van der Waals surface area contributed by atoms with Crippen molar-refractivity contribution in [1.82, 2.24) is 10.2 Å². The third-order valence-electron chi connectivity index (χ3n) is 5.17. The predicted octanol–water partition coefficient (Wildman–Crippen LogP) is 1.80. The second-order valence-corrected chi connectivity index (χ2v) is 9.34. The minimum Gasteiger partial charge on any atom is -0.354 e. The molecule has 0 amide bonds. The standard InChI is InChI=1S/C16H29N3O2S/c20-22(21)11-8-14(13-22)12-17-16(19-9-4-5-10-19)18-15-6-2-1-3-7-15/h14-15H,1-13H2,(H,17,18). The van der Waals surface area contributed by atoms with Gasteiger partial charge >= 0.3 is 0 Å². The maximum absolute atomic E-state index is 11.6. The molecule has 6 heteroatoms. The van der Waals surface area contributed by atoms with Gasteiger partial charge in [-0.15, -0.1) is 0 Å². The first kappa shape index (κ1) is 16.1. The monoisotopic (exact) mass is 327 g/mol. The quantitative estimate of drug-likeness (QED) is 0.634. The number of hydrogen-bond donors (Lipinski definition) is 1. The Balaban J connectivity index is 1.60. The Kier molecular flexibility index (Phi) is 5.26. The zero-order chi connectivity index (χ0) is 15.4. The number of guanidine groups is 1. The van der Waals surface area contributed by atoms with Gasteiger partial charge in [0.1, 0.15) is 0 Å². The van der Waals surface area contributed by atoms with Crippen LogP contribution in [0.4, 0.5) is 0 Å². The van der Waals surface area contributed by atoms with Crippen LogP contribution in [0.2, 0.25) is 0 Å². The molecular formula is C16H29N3O2S. The second kappa shape index (κ2) is 7.20. The lowest BCUT2D eigenvalue weighted by atomic mass is 9.96. The van der Waals surface area contributed by atoms with E-state index < -0.39 is 9.84 Å². The topological polar surface area (TPSA) is 61.8 Å². The van der Waals surface area contributed by atoms with Gasteiger partial charge in [0.25, 0.3) is 0 Å². The van der Waals surface area contributed by atoms with Crippen molar-refractivity contribution in [3.05, 3.63) is 0 Å². The normalized spacial score (nSPS) is 29.9. The van der Waals surface area contributed by atoms with Gasteiger partial charge in [-0.2, -0.15) is 0 Å². The number of nitrogens with one attached hydrogen (secondary N) is 1. The van der Waals surface area contributed by atoms with Crippen molar-refractivity contribution in [3.63, 3.8) is 0 Å². The van der Waals surface area contributed by atoms with Gasteiger partial charge in [0.05, 0.1) is 11.5 Å². The van der Waals surface area contributed by atoms with Crippen LogP contribution in [0.3, 0.4) is 0 Å². The van der Waals surface area contributed by atoms with E-state index in [1.165, 1.54) is 44.9 Å². The van der Waals surface area contributed by atoms with Crippen molar-refractivity contribution in [1.29, 1.82) is 0 Å². The van der Waals surface area contributed by atoms with Crippen LogP contribution in [0.15, 0.2) is 4.99 Å². The number of nitrogens with zero attached hydrogens (tertiary/aromatic N) is 2. The average Bonchev–Trinajstić information content (AvgIpc) is 3.14. The molecule has 22 heavy (non-hydrogen) atoms. The first-order valence-electron chi connectivity index (χ1n) is 8.89. The van der Waals surface area contributed by atoms with E-state index in [1.807, 2.05) is 0 Å². The van der Waals surface area contributed by atoms with Crippen LogP contribution in [0.1, 0.15) is 51.4 Å². The summed E-state index contributed by atoms with van der Waals surface area (Å²) in [5, 5.41) is 3.67. The largest absolute Gasteiger partial charge is 0.354 e. The number of aliphatic imine (C=N–C) groups is 1. The Morgan fingerprint density at radius 2 is 1.77 bits per heavy atom. The van der Waals surface area contributed by atoms with Crippen molar-refractivity contribution in [2.45, 2.75) is 57.4 Å². The van der Waals surface area contributed by atoms with Crippen LogP contribution in [0, 0.1) is 5.92 Å². The molecule has 1 atom stereocenters.